The van der Waals surface area contributed by atoms with E-state index >= 15 is 0 Å². The summed E-state index contributed by atoms with van der Waals surface area (Å²) < 4.78 is 6.03. The average molecular weight is 358 g/mol. The Kier molecular flexibility index (Phi) is 3.81. The van der Waals surface area contributed by atoms with Crippen molar-refractivity contribution in [3.05, 3.63) is 17.5 Å². The van der Waals surface area contributed by atoms with Gasteiger partial charge in [-0.15, -0.1) is 0 Å². The predicted octanol–water partition coefficient (Wildman–Crippen LogP) is 1.53. The third kappa shape index (κ3) is 2.92. The summed E-state index contributed by atoms with van der Waals surface area (Å²) in [4.78, 5) is 28.7. The van der Waals surface area contributed by atoms with E-state index in [2.05, 4.69) is 10.2 Å². The Morgan fingerprint density at radius 3 is 2.73 bits per heavy atom. The first kappa shape index (κ1) is 16.3. The zero-order chi connectivity index (χ0) is 17.7. The largest absolute Gasteiger partial charge is 0.371 e. The lowest BCUT2D eigenvalue weighted by Gasteiger charge is -2.46. The second kappa shape index (κ2) is 6.08. The van der Waals surface area contributed by atoms with Gasteiger partial charge in [0, 0.05) is 31.1 Å². The first-order valence-corrected chi connectivity index (χ1v) is 9.88. The minimum atomic E-state index is -0.235. The molecule has 0 aromatic carbocycles. The Hall–Kier alpha value is -1.89. The molecule has 1 aromatic rings. The highest BCUT2D eigenvalue weighted by Crippen LogP contribution is 2.41. The molecule has 4 heterocycles. The van der Waals surface area contributed by atoms with E-state index in [-0.39, 0.29) is 23.3 Å². The molecule has 1 spiro atoms. The van der Waals surface area contributed by atoms with Gasteiger partial charge in [-0.25, -0.2) is 0 Å². The molecule has 1 aromatic heterocycles. The number of amides is 2. The maximum absolute atomic E-state index is 12.6. The van der Waals surface area contributed by atoms with E-state index in [0.717, 1.165) is 38.0 Å². The molecule has 4 aliphatic rings. The monoisotopic (exact) mass is 358 g/mol. The molecule has 4 fully saturated rings. The van der Waals surface area contributed by atoms with Crippen LogP contribution in [0.2, 0.25) is 0 Å². The van der Waals surface area contributed by atoms with E-state index in [1.54, 1.807) is 0 Å². The molecular formula is C19H26N4O3. The van der Waals surface area contributed by atoms with Crippen LogP contribution in [0.3, 0.4) is 0 Å². The van der Waals surface area contributed by atoms with Crippen LogP contribution in [0.25, 0.3) is 0 Å². The molecule has 7 nitrogen and oxygen atoms in total. The van der Waals surface area contributed by atoms with Gasteiger partial charge in [-0.1, -0.05) is 0 Å². The highest BCUT2D eigenvalue weighted by molar-refractivity contribution is 5.93. The van der Waals surface area contributed by atoms with Gasteiger partial charge >= 0.3 is 0 Å². The molecule has 0 radical (unpaired) electrons. The smallest absolute Gasteiger partial charge is 0.274 e. The molecule has 1 atom stereocenters. The fraction of sp³-hybridized carbons (Fsp3) is 0.737. The number of rotatable bonds is 4. The molecule has 3 aliphatic heterocycles. The van der Waals surface area contributed by atoms with Gasteiger partial charge in [0.05, 0.1) is 19.7 Å². The van der Waals surface area contributed by atoms with Crippen molar-refractivity contribution in [1.82, 2.24) is 20.0 Å². The van der Waals surface area contributed by atoms with Crippen LogP contribution in [0.4, 0.5) is 0 Å². The van der Waals surface area contributed by atoms with Gasteiger partial charge in [0.1, 0.15) is 11.3 Å². The zero-order valence-corrected chi connectivity index (χ0v) is 15.1. The van der Waals surface area contributed by atoms with Crippen molar-refractivity contribution >= 4 is 11.8 Å². The molecule has 1 aliphatic carbocycles. The summed E-state index contributed by atoms with van der Waals surface area (Å²) in [5.74, 6) is 1.11. The number of hydrogen-bond donors (Lipinski definition) is 1. The first-order valence-electron chi connectivity index (χ1n) is 9.88. The van der Waals surface area contributed by atoms with E-state index < -0.39 is 0 Å². The Morgan fingerprint density at radius 1 is 1.23 bits per heavy atom. The summed E-state index contributed by atoms with van der Waals surface area (Å²) in [6, 6.07) is 1.90. The second-order valence-electron chi connectivity index (χ2n) is 8.50. The molecule has 140 valence electrons. The van der Waals surface area contributed by atoms with Crippen LogP contribution in [-0.4, -0.2) is 70.2 Å². The molecule has 2 amide bonds. The molecule has 1 N–H and O–H groups in total. The van der Waals surface area contributed by atoms with Crippen LogP contribution in [0.5, 0.6) is 0 Å². The Labute approximate surface area is 153 Å². The van der Waals surface area contributed by atoms with E-state index in [4.69, 9.17) is 4.74 Å². The highest BCUT2D eigenvalue weighted by Gasteiger charge is 2.52. The number of hydrogen-bond acceptors (Lipinski definition) is 4. The van der Waals surface area contributed by atoms with Gasteiger partial charge in [-0.3, -0.25) is 14.7 Å². The van der Waals surface area contributed by atoms with Gasteiger partial charge in [0.25, 0.3) is 5.91 Å². The van der Waals surface area contributed by atoms with Crippen molar-refractivity contribution in [3.63, 3.8) is 0 Å². The minimum absolute atomic E-state index is 0.0148. The molecule has 0 bridgehead atoms. The lowest BCUT2D eigenvalue weighted by molar-refractivity contribution is -0.131. The number of aromatic amines is 1. The van der Waals surface area contributed by atoms with Gasteiger partial charge in [-0.2, -0.15) is 5.10 Å². The molecular weight excluding hydrogens is 332 g/mol. The summed E-state index contributed by atoms with van der Waals surface area (Å²) >= 11 is 0. The topological polar surface area (TPSA) is 78.5 Å². The number of nitrogens with one attached hydrogen (secondary N) is 1. The van der Waals surface area contributed by atoms with E-state index in [1.807, 2.05) is 15.9 Å². The van der Waals surface area contributed by atoms with Crippen LogP contribution >= 0.6 is 0 Å². The molecule has 1 unspecified atom stereocenters. The number of aromatic nitrogens is 2. The predicted molar refractivity (Wildman–Crippen MR) is 93.7 cm³/mol. The number of H-pyrrole nitrogens is 1. The summed E-state index contributed by atoms with van der Waals surface area (Å²) in [7, 11) is 0. The van der Waals surface area contributed by atoms with Gasteiger partial charge < -0.3 is 14.5 Å². The van der Waals surface area contributed by atoms with E-state index in [0.29, 0.717) is 37.7 Å². The van der Waals surface area contributed by atoms with E-state index in [1.165, 1.54) is 12.8 Å². The third-order valence-corrected chi connectivity index (χ3v) is 6.29. The number of likely N-dealkylation sites (tertiary alicyclic amines) is 2. The number of nitrogens with zero attached hydrogens (tertiary/aromatic N) is 3. The lowest BCUT2D eigenvalue weighted by Crippen LogP contribution is -2.63. The third-order valence-electron chi connectivity index (χ3n) is 6.29. The van der Waals surface area contributed by atoms with Gasteiger partial charge in [-0.05, 0) is 44.1 Å². The van der Waals surface area contributed by atoms with Crippen molar-refractivity contribution in [2.45, 2.75) is 50.0 Å². The first-order chi connectivity index (χ1) is 12.6. The van der Waals surface area contributed by atoms with Crippen LogP contribution < -0.4 is 0 Å². The van der Waals surface area contributed by atoms with Gasteiger partial charge in [0.2, 0.25) is 5.91 Å². The van der Waals surface area contributed by atoms with Crippen molar-refractivity contribution < 1.29 is 14.3 Å². The molecule has 26 heavy (non-hydrogen) atoms. The molecule has 1 saturated carbocycles. The second-order valence-corrected chi connectivity index (χ2v) is 8.50. The van der Waals surface area contributed by atoms with Crippen molar-refractivity contribution in [3.8, 4) is 0 Å². The number of carbonyl (C=O) groups is 2. The zero-order valence-electron chi connectivity index (χ0n) is 15.1. The standard InChI is InChI=1S/C19H26N4O3/c24-17(22-5-1-2-6-22)7-13-9-19(26-10-13)11-23(12-19)18(25)16-8-15(20-21-16)14-3-4-14/h8,13-14H,1-7,9-12H2,(H,20,21). The maximum atomic E-state index is 12.6. The fourth-order valence-electron chi connectivity index (χ4n) is 4.64. The van der Waals surface area contributed by atoms with Crippen molar-refractivity contribution in [2.24, 2.45) is 5.92 Å². The quantitative estimate of drug-likeness (QED) is 0.885. The number of ether oxygens (including phenoxy) is 1. The Bertz CT molecular complexity index is 714. The molecule has 7 heteroatoms. The number of carbonyl (C=O) groups excluding carboxylic acids is 2. The summed E-state index contributed by atoms with van der Waals surface area (Å²) in [5, 5.41) is 7.18. The normalized spacial score (nSPS) is 27.2. The summed E-state index contributed by atoms with van der Waals surface area (Å²) in [5.41, 5.74) is 1.36. The van der Waals surface area contributed by atoms with Crippen LogP contribution in [0, 0.1) is 5.92 Å². The van der Waals surface area contributed by atoms with Crippen molar-refractivity contribution in [2.75, 3.05) is 32.8 Å². The minimum Gasteiger partial charge on any atom is -0.371 e. The average Bonchev–Trinajstić information content (AvgIpc) is 3.07. The lowest BCUT2D eigenvalue weighted by atomic mass is 9.85. The van der Waals surface area contributed by atoms with E-state index in [9.17, 15) is 9.59 Å². The van der Waals surface area contributed by atoms with Crippen LogP contribution in [0.1, 0.15) is 60.6 Å². The van der Waals surface area contributed by atoms with Gasteiger partial charge in [0.15, 0.2) is 0 Å². The van der Waals surface area contributed by atoms with Crippen molar-refractivity contribution in [1.29, 1.82) is 0 Å². The molecule has 3 saturated heterocycles. The summed E-state index contributed by atoms with van der Waals surface area (Å²) in [6.07, 6.45) is 6.10. The fourth-order valence-corrected chi connectivity index (χ4v) is 4.64. The Balaban J connectivity index is 1.13. The molecule has 5 rings (SSSR count). The Morgan fingerprint density at radius 2 is 2.00 bits per heavy atom. The SMILES string of the molecule is O=C(CC1COC2(C1)CN(C(=O)c1cc(C3CC3)[nH]n1)C2)N1CCCC1. The van der Waals surface area contributed by atoms with Crippen LogP contribution in [-0.2, 0) is 9.53 Å². The maximum Gasteiger partial charge on any atom is 0.274 e. The summed E-state index contributed by atoms with van der Waals surface area (Å²) in [6.45, 7) is 3.69. The van der Waals surface area contributed by atoms with Crippen LogP contribution in [0.15, 0.2) is 6.07 Å². The highest BCUT2D eigenvalue weighted by atomic mass is 16.5.